The van der Waals surface area contributed by atoms with E-state index in [2.05, 4.69) is 15.4 Å². The minimum Gasteiger partial charge on any atom is -0.493 e. The molecule has 0 aliphatic rings. The largest absolute Gasteiger partial charge is 0.493 e. The van der Waals surface area contributed by atoms with Crippen LogP contribution in [0.3, 0.4) is 0 Å². The molecule has 0 atom stereocenters. The van der Waals surface area contributed by atoms with E-state index in [0.29, 0.717) is 34.3 Å². The lowest BCUT2D eigenvalue weighted by molar-refractivity contribution is -0.116. The second kappa shape index (κ2) is 8.73. The molecule has 3 aromatic rings. The number of benzene rings is 2. The van der Waals surface area contributed by atoms with Gasteiger partial charge in [-0.05, 0) is 49.2 Å². The number of carbonyl (C=O) groups excluding carboxylic acids is 1. The van der Waals surface area contributed by atoms with Crippen molar-refractivity contribution in [2.45, 2.75) is 20.4 Å². The molecule has 3 rings (SSSR count). The summed E-state index contributed by atoms with van der Waals surface area (Å²) >= 11 is 0. The van der Waals surface area contributed by atoms with Gasteiger partial charge in [0, 0.05) is 11.3 Å². The van der Waals surface area contributed by atoms with Crippen molar-refractivity contribution in [1.82, 2.24) is 14.8 Å². The molecule has 1 amide bonds. The molecule has 0 aliphatic heterocycles. The number of aryl methyl sites for hydroxylation is 2. The summed E-state index contributed by atoms with van der Waals surface area (Å²) in [6.45, 7) is 3.93. The van der Waals surface area contributed by atoms with Crippen LogP contribution in [0.15, 0.2) is 30.3 Å². The number of hydrogen-bond acceptors (Lipinski definition) is 7. The van der Waals surface area contributed by atoms with E-state index in [0.717, 1.165) is 11.1 Å². The fraction of sp³-hybridized carbons (Fsp3) is 0.286. The average molecular weight is 411 g/mol. The maximum absolute atomic E-state index is 12.4. The summed E-state index contributed by atoms with van der Waals surface area (Å²) in [6, 6.07) is 9.16. The summed E-state index contributed by atoms with van der Waals surface area (Å²) in [5.41, 5.74) is 9.56. The van der Waals surface area contributed by atoms with Crippen molar-refractivity contribution in [3.8, 4) is 28.6 Å². The number of hydrogen-bond donors (Lipinski definition) is 2. The average Bonchev–Trinajstić information content (AvgIpc) is 3.09. The van der Waals surface area contributed by atoms with Gasteiger partial charge < -0.3 is 25.3 Å². The summed E-state index contributed by atoms with van der Waals surface area (Å²) in [5.74, 6) is 1.60. The zero-order chi connectivity index (χ0) is 21.8. The van der Waals surface area contributed by atoms with Gasteiger partial charge in [-0.2, -0.15) is 4.98 Å². The van der Waals surface area contributed by atoms with Crippen LogP contribution < -0.4 is 25.3 Å². The number of amides is 1. The molecule has 0 fully saturated rings. The lowest BCUT2D eigenvalue weighted by Gasteiger charge is -2.13. The van der Waals surface area contributed by atoms with Crippen LogP contribution in [0.5, 0.6) is 17.2 Å². The zero-order valence-electron chi connectivity index (χ0n) is 17.6. The van der Waals surface area contributed by atoms with E-state index in [9.17, 15) is 4.79 Å². The second-order valence-corrected chi connectivity index (χ2v) is 6.71. The maximum Gasteiger partial charge on any atom is 0.246 e. The fourth-order valence-electron chi connectivity index (χ4n) is 2.96. The smallest absolute Gasteiger partial charge is 0.246 e. The molecule has 0 saturated carbocycles. The normalized spacial score (nSPS) is 10.6. The van der Waals surface area contributed by atoms with E-state index >= 15 is 0 Å². The molecule has 9 nitrogen and oxygen atoms in total. The van der Waals surface area contributed by atoms with Gasteiger partial charge in [0.25, 0.3) is 0 Å². The highest BCUT2D eigenvalue weighted by Gasteiger charge is 2.18. The van der Waals surface area contributed by atoms with Gasteiger partial charge >= 0.3 is 0 Å². The number of nitrogen functional groups attached to an aromatic ring is 1. The van der Waals surface area contributed by atoms with Crippen molar-refractivity contribution in [3.63, 3.8) is 0 Å². The summed E-state index contributed by atoms with van der Waals surface area (Å²) in [5, 5.41) is 7.21. The van der Waals surface area contributed by atoms with Gasteiger partial charge in [0.05, 0.1) is 21.3 Å². The Labute approximate surface area is 174 Å². The van der Waals surface area contributed by atoms with Gasteiger partial charge in [-0.3, -0.25) is 4.79 Å². The van der Waals surface area contributed by atoms with E-state index in [1.165, 1.54) is 26.0 Å². The van der Waals surface area contributed by atoms with Crippen molar-refractivity contribution in [2.75, 3.05) is 32.4 Å². The molecule has 30 heavy (non-hydrogen) atoms. The minimum absolute atomic E-state index is 0.0732. The highest BCUT2D eigenvalue weighted by Crippen LogP contribution is 2.40. The molecule has 0 saturated heterocycles. The predicted octanol–water partition coefficient (Wildman–Crippen LogP) is 2.81. The number of anilines is 2. The first-order valence-electron chi connectivity index (χ1n) is 9.24. The molecule has 158 valence electrons. The Morgan fingerprint density at radius 3 is 2.27 bits per heavy atom. The van der Waals surface area contributed by atoms with Gasteiger partial charge in [-0.1, -0.05) is 6.07 Å². The molecule has 2 aromatic carbocycles. The van der Waals surface area contributed by atoms with Crippen molar-refractivity contribution in [3.05, 3.63) is 41.5 Å². The lowest BCUT2D eigenvalue weighted by Crippen LogP contribution is -2.20. The van der Waals surface area contributed by atoms with E-state index < -0.39 is 0 Å². The Balaban J connectivity index is 1.83. The van der Waals surface area contributed by atoms with Gasteiger partial charge in [0.15, 0.2) is 17.3 Å². The molecule has 1 heterocycles. The number of nitrogens with zero attached hydrogens (tertiary/aromatic N) is 3. The Morgan fingerprint density at radius 1 is 1.03 bits per heavy atom. The van der Waals surface area contributed by atoms with Crippen LogP contribution in [0, 0.1) is 13.8 Å². The molecule has 3 N–H and O–H groups in total. The highest BCUT2D eigenvalue weighted by molar-refractivity contribution is 5.90. The Bertz CT molecular complexity index is 1050. The van der Waals surface area contributed by atoms with Crippen molar-refractivity contribution < 1.29 is 19.0 Å². The van der Waals surface area contributed by atoms with E-state index in [1.54, 1.807) is 12.1 Å². The molecule has 0 unspecified atom stereocenters. The van der Waals surface area contributed by atoms with Crippen LogP contribution in [0.25, 0.3) is 11.4 Å². The molecule has 0 radical (unpaired) electrons. The summed E-state index contributed by atoms with van der Waals surface area (Å²) in [4.78, 5) is 16.7. The van der Waals surface area contributed by atoms with Crippen molar-refractivity contribution in [2.24, 2.45) is 0 Å². The lowest BCUT2D eigenvalue weighted by atomic mass is 10.1. The van der Waals surface area contributed by atoms with E-state index in [-0.39, 0.29) is 18.4 Å². The molecule has 0 bridgehead atoms. The topological polar surface area (TPSA) is 114 Å². The zero-order valence-corrected chi connectivity index (χ0v) is 17.6. The molecular weight excluding hydrogens is 386 g/mol. The molecular formula is C21H25N5O4. The van der Waals surface area contributed by atoms with E-state index in [4.69, 9.17) is 19.9 Å². The minimum atomic E-state index is -0.258. The summed E-state index contributed by atoms with van der Waals surface area (Å²) < 4.78 is 17.4. The maximum atomic E-state index is 12.4. The van der Waals surface area contributed by atoms with Crippen LogP contribution in [-0.2, 0) is 11.3 Å². The third-order valence-electron chi connectivity index (χ3n) is 4.71. The first-order chi connectivity index (χ1) is 14.4. The number of aromatic nitrogens is 3. The molecule has 0 aliphatic carbocycles. The second-order valence-electron chi connectivity index (χ2n) is 6.71. The predicted molar refractivity (Wildman–Crippen MR) is 114 cm³/mol. The van der Waals surface area contributed by atoms with Gasteiger partial charge in [-0.15, -0.1) is 5.10 Å². The Hall–Kier alpha value is -3.75. The van der Waals surface area contributed by atoms with Gasteiger partial charge in [0.1, 0.15) is 6.54 Å². The van der Waals surface area contributed by atoms with Gasteiger partial charge in [-0.25, -0.2) is 4.68 Å². The first-order valence-corrected chi connectivity index (χ1v) is 9.24. The molecule has 1 aromatic heterocycles. The van der Waals surface area contributed by atoms with E-state index in [1.807, 2.05) is 32.0 Å². The van der Waals surface area contributed by atoms with Crippen molar-refractivity contribution in [1.29, 1.82) is 0 Å². The van der Waals surface area contributed by atoms with Crippen molar-refractivity contribution >= 4 is 17.5 Å². The van der Waals surface area contributed by atoms with Gasteiger partial charge in [0.2, 0.25) is 17.6 Å². The number of ether oxygens (including phenoxy) is 3. The number of nitrogens with two attached hydrogens (primary N) is 1. The number of carbonyl (C=O) groups is 1. The summed E-state index contributed by atoms with van der Waals surface area (Å²) in [6.07, 6.45) is 0. The standard InChI is InChI=1S/C21H25N5O4/c1-12-6-7-15(8-13(12)2)23-18(27)11-26-21(22)24-20(25-26)14-9-16(28-3)19(30-5)17(10-14)29-4/h6-10H,11H2,1-5H3,(H,23,27)(H2,22,24,25). The molecule has 9 heteroatoms. The quantitative estimate of drug-likeness (QED) is 0.614. The monoisotopic (exact) mass is 411 g/mol. The van der Waals surface area contributed by atoms with Crippen LogP contribution in [-0.4, -0.2) is 42.0 Å². The number of methoxy groups -OCH3 is 3. The van der Waals surface area contributed by atoms with Crippen LogP contribution in [0.4, 0.5) is 11.6 Å². The third kappa shape index (κ3) is 4.29. The first kappa shape index (κ1) is 21.0. The van der Waals surface area contributed by atoms with Crippen LogP contribution in [0.2, 0.25) is 0 Å². The summed E-state index contributed by atoms with van der Waals surface area (Å²) in [7, 11) is 4.58. The Morgan fingerprint density at radius 2 is 1.70 bits per heavy atom. The van der Waals surface area contributed by atoms with Crippen LogP contribution >= 0.6 is 0 Å². The SMILES string of the molecule is COc1cc(-c2nc(N)n(CC(=O)Nc3ccc(C)c(C)c3)n2)cc(OC)c1OC. The number of nitrogens with one attached hydrogen (secondary N) is 1. The Kier molecular flexibility index (Phi) is 6.10. The highest BCUT2D eigenvalue weighted by atomic mass is 16.5. The fourth-order valence-corrected chi connectivity index (χ4v) is 2.96. The third-order valence-corrected chi connectivity index (χ3v) is 4.71. The number of rotatable bonds is 7. The molecule has 0 spiro atoms. The van der Waals surface area contributed by atoms with Crippen LogP contribution in [0.1, 0.15) is 11.1 Å².